The lowest BCUT2D eigenvalue weighted by molar-refractivity contribution is -0.124. The molecule has 0 spiro atoms. The summed E-state index contributed by atoms with van der Waals surface area (Å²) in [5.74, 6) is -1.39. The van der Waals surface area contributed by atoms with Crippen LogP contribution in [-0.2, 0) is 9.53 Å². The number of hydroxylamine groups is 1. The molecule has 0 heterocycles. The average molecular weight is 541 g/mol. The van der Waals surface area contributed by atoms with E-state index in [1.165, 1.54) is 35.8 Å². The maximum absolute atomic E-state index is 12.7. The highest BCUT2D eigenvalue weighted by Gasteiger charge is 2.31. The van der Waals surface area contributed by atoms with Gasteiger partial charge in [-0.25, -0.2) is 10.3 Å². The Morgan fingerprint density at radius 3 is 2.26 bits per heavy atom. The van der Waals surface area contributed by atoms with Crippen molar-refractivity contribution in [3.8, 4) is 11.5 Å². The number of carbonyl (C=O) groups is 3. The lowest BCUT2D eigenvalue weighted by atomic mass is 10.0. The number of phenolic OH excluding ortho intramolecular Hbond substituents is 1. The number of nitrogens with one attached hydrogen (secondary N) is 2. The van der Waals surface area contributed by atoms with Crippen molar-refractivity contribution >= 4 is 33.8 Å². The lowest BCUT2D eigenvalue weighted by Crippen LogP contribution is -2.36. The van der Waals surface area contributed by atoms with Crippen LogP contribution in [0.3, 0.4) is 0 Å². The summed E-state index contributed by atoms with van der Waals surface area (Å²) in [6, 6.07) is 21.0. The van der Waals surface area contributed by atoms with E-state index in [4.69, 9.17) is 14.7 Å². The zero-order chi connectivity index (χ0) is 25.2. The number of alkyl carbamates (subject to hydrolysis) is 1. The van der Waals surface area contributed by atoms with Gasteiger partial charge in [0.2, 0.25) is 0 Å². The minimum Gasteiger partial charge on any atom is -0.508 e. The Morgan fingerprint density at radius 1 is 0.943 bits per heavy atom. The monoisotopic (exact) mass is 540 g/mol. The highest BCUT2D eigenvalue weighted by Crippen LogP contribution is 2.34. The van der Waals surface area contributed by atoms with Gasteiger partial charge in [-0.1, -0.05) is 52.3 Å². The van der Waals surface area contributed by atoms with Crippen molar-refractivity contribution in [3.05, 3.63) is 107 Å². The fraction of sp³-hybridized carbons (Fsp3) is 0.0800. The van der Waals surface area contributed by atoms with E-state index in [0.29, 0.717) is 10.2 Å². The Bertz CT molecular complexity index is 1200. The molecule has 0 aliphatic carbocycles. The second kappa shape index (κ2) is 12.4. The van der Waals surface area contributed by atoms with Gasteiger partial charge < -0.3 is 14.6 Å². The molecular weight excluding hydrogens is 520 g/mol. The van der Waals surface area contributed by atoms with Crippen LogP contribution in [0.2, 0.25) is 0 Å². The number of hydrogen-bond donors (Lipinski definition) is 4. The Morgan fingerprint density at radius 2 is 1.60 bits per heavy atom. The first kappa shape index (κ1) is 25.5. The van der Waals surface area contributed by atoms with Gasteiger partial charge in [-0.15, -0.1) is 0 Å². The molecule has 3 aromatic rings. The third kappa shape index (κ3) is 7.42. The molecule has 4 N–H and O–H groups in total. The van der Waals surface area contributed by atoms with Gasteiger partial charge in [0.25, 0.3) is 11.8 Å². The molecule has 2 atom stereocenters. The highest BCUT2D eigenvalue weighted by molar-refractivity contribution is 9.10. The van der Waals surface area contributed by atoms with Crippen LogP contribution in [0.5, 0.6) is 11.5 Å². The van der Waals surface area contributed by atoms with Crippen LogP contribution in [0.15, 0.2) is 95.5 Å². The molecule has 0 fully saturated rings. The number of imide groups is 1. The van der Waals surface area contributed by atoms with Crippen molar-refractivity contribution in [2.75, 3.05) is 0 Å². The summed E-state index contributed by atoms with van der Waals surface area (Å²) in [6.07, 6.45) is -1.36. The first-order valence-corrected chi connectivity index (χ1v) is 11.1. The number of para-hydroxylation sites is 1. The summed E-state index contributed by atoms with van der Waals surface area (Å²) in [4.78, 5) is 36.8. The predicted molar refractivity (Wildman–Crippen MR) is 129 cm³/mol. The predicted octanol–water partition coefficient (Wildman–Crippen LogP) is 4.27. The molecule has 9 nitrogen and oxygen atoms in total. The molecule has 0 radical (unpaired) electrons. The number of halogens is 1. The Hall–Kier alpha value is -4.15. The van der Waals surface area contributed by atoms with E-state index < -0.39 is 30.1 Å². The zero-order valence-electron chi connectivity index (χ0n) is 18.1. The topological polar surface area (TPSA) is 134 Å². The lowest BCUT2D eigenvalue weighted by Gasteiger charge is -2.26. The van der Waals surface area contributed by atoms with Crippen molar-refractivity contribution in [2.24, 2.45) is 0 Å². The molecule has 0 bridgehead atoms. The number of ether oxygens (including phenoxy) is 2. The fourth-order valence-electron chi connectivity index (χ4n) is 3.04. The van der Waals surface area contributed by atoms with Crippen LogP contribution in [0, 0.1) is 0 Å². The SMILES string of the molecule is O=C(/C=C/[C@H](Oc1ccccc1)[C@@H](OC(=O)NC(=O)c1ccccc1)c1cc(Br)ccc1O)NO. The maximum atomic E-state index is 12.7. The van der Waals surface area contributed by atoms with Gasteiger partial charge in [0.15, 0.2) is 12.2 Å². The molecule has 10 heteroatoms. The number of hydrogen-bond acceptors (Lipinski definition) is 7. The fourth-order valence-corrected chi connectivity index (χ4v) is 3.42. The van der Waals surface area contributed by atoms with Crippen molar-refractivity contribution in [1.29, 1.82) is 0 Å². The Kier molecular flexibility index (Phi) is 8.99. The van der Waals surface area contributed by atoms with E-state index in [1.807, 2.05) is 0 Å². The van der Waals surface area contributed by atoms with Crippen molar-refractivity contribution in [2.45, 2.75) is 12.2 Å². The number of amides is 3. The summed E-state index contributed by atoms with van der Waals surface area (Å²) >= 11 is 3.31. The summed E-state index contributed by atoms with van der Waals surface area (Å²) in [6.45, 7) is 0. The third-order valence-corrected chi connectivity index (χ3v) is 5.14. The molecule has 3 aromatic carbocycles. The van der Waals surface area contributed by atoms with E-state index in [1.54, 1.807) is 54.6 Å². The first-order valence-electron chi connectivity index (χ1n) is 10.3. The largest absolute Gasteiger partial charge is 0.508 e. The van der Waals surface area contributed by atoms with E-state index in [2.05, 4.69) is 21.2 Å². The van der Waals surface area contributed by atoms with Gasteiger partial charge in [0.05, 0.1) is 0 Å². The zero-order valence-corrected chi connectivity index (χ0v) is 19.7. The van der Waals surface area contributed by atoms with Gasteiger partial charge in [-0.3, -0.25) is 20.1 Å². The average Bonchev–Trinajstić information content (AvgIpc) is 2.87. The molecule has 3 rings (SSSR count). The number of rotatable bonds is 8. The van der Waals surface area contributed by atoms with Gasteiger partial charge in [0.1, 0.15) is 11.5 Å². The Labute approximate surface area is 209 Å². The molecule has 180 valence electrons. The van der Waals surface area contributed by atoms with Crippen molar-refractivity contribution < 1.29 is 34.2 Å². The molecule has 0 aliphatic rings. The molecule has 35 heavy (non-hydrogen) atoms. The van der Waals surface area contributed by atoms with Gasteiger partial charge in [-0.2, -0.15) is 0 Å². The second-order valence-corrected chi connectivity index (χ2v) is 8.00. The van der Waals surface area contributed by atoms with Crippen LogP contribution in [0.4, 0.5) is 4.79 Å². The van der Waals surface area contributed by atoms with E-state index in [-0.39, 0.29) is 16.9 Å². The maximum Gasteiger partial charge on any atom is 0.414 e. The van der Waals surface area contributed by atoms with Crippen LogP contribution in [0.25, 0.3) is 0 Å². The van der Waals surface area contributed by atoms with Crippen LogP contribution < -0.4 is 15.5 Å². The highest BCUT2D eigenvalue weighted by atomic mass is 79.9. The van der Waals surface area contributed by atoms with Crippen molar-refractivity contribution in [3.63, 3.8) is 0 Å². The molecule has 0 aliphatic heterocycles. The number of carbonyl (C=O) groups excluding carboxylic acids is 3. The van der Waals surface area contributed by atoms with E-state index in [9.17, 15) is 19.5 Å². The van der Waals surface area contributed by atoms with Gasteiger partial charge in [0, 0.05) is 21.7 Å². The minimum atomic E-state index is -1.32. The summed E-state index contributed by atoms with van der Waals surface area (Å²) < 4.78 is 12.1. The van der Waals surface area contributed by atoms with E-state index >= 15 is 0 Å². The quantitative estimate of drug-likeness (QED) is 0.190. The van der Waals surface area contributed by atoms with Gasteiger partial charge >= 0.3 is 6.09 Å². The smallest absolute Gasteiger partial charge is 0.414 e. The molecule has 0 aromatic heterocycles. The number of benzene rings is 3. The second-order valence-electron chi connectivity index (χ2n) is 7.08. The first-order chi connectivity index (χ1) is 16.9. The van der Waals surface area contributed by atoms with Gasteiger partial charge in [-0.05, 0) is 48.5 Å². The van der Waals surface area contributed by atoms with E-state index in [0.717, 1.165) is 6.08 Å². The van der Waals surface area contributed by atoms with Crippen molar-refractivity contribution in [1.82, 2.24) is 10.8 Å². The summed E-state index contributed by atoms with van der Waals surface area (Å²) in [7, 11) is 0. The number of phenols is 1. The third-order valence-electron chi connectivity index (χ3n) is 4.64. The summed E-state index contributed by atoms with van der Waals surface area (Å²) in [5.41, 5.74) is 1.84. The van der Waals surface area contributed by atoms with Crippen LogP contribution in [0.1, 0.15) is 22.0 Å². The number of aromatic hydroxyl groups is 1. The molecule has 0 saturated carbocycles. The normalized spacial score (nSPS) is 12.4. The summed E-state index contributed by atoms with van der Waals surface area (Å²) in [5, 5.41) is 21.5. The van der Waals surface area contributed by atoms with Crippen LogP contribution in [-0.4, -0.2) is 34.3 Å². The Balaban J connectivity index is 1.96. The molecule has 0 saturated heterocycles. The molecule has 0 unspecified atom stereocenters. The minimum absolute atomic E-state index is 0.136. The standard InChI is InChI=1S/C25H21BrN2O7/c26-17-11-12-20(29)19(15-17)23(35-25(32)27-24(31)16-7-3-1-4-8-16)21(13-14-22(30)28-33)34-18-9-5-2-6-10-18/h1-15,21,23,29,33H,(H,28,30)(H,27,31,32)/b14-13+/t21-,23-/m0/s1. The molecule has 3 amide bonds. The van der Waals surface area contributed by atoms with Crippen LogP contribution >= 0.6 is 15.9 Å². The molecular formula is C25H21BrN2O7.